The minimum absolute atomic E-state index is 0.628. The van der Waals surface area contributed by atoms with Gasteiger partial charge in [0.2, 0.25) is 0 Å². The molecule has 16 heavy (non-hydrogen) atoms. The predicted molar refractivity (Wildman–Crippen MR) is 72.3 cm³/mol. The van der Waals surface area contributed by atoms with E-state index in [0.717, 1.165) is 10.2 Å². The molecule has 0 spiro atoms. The molecule has 2 rings (SSSR count). The summed E-state index contributed by atoms with van der Waals surface area (Å²) in [6, 6.07) is 8.20. The van der Waals surface area contributed by atoms with Crippen molar-refractivity contribution in [2.75, 3.05) is 0 Å². The summed E-state index contributed by atoms with van der Waals surface area (Å²) < 4.78 is 6.95. The zero-order valence-corrected chi connectivity index (χ0v) is 11.7. The second-order valence-electron chi connectivity index (χ2n) is 3.68. The second kappa shape index (κ2) is 5.02. The Morgan fingerprint density at radius 3 is 2.75 bits per heavy atom. The largest absolute Gasteiger partial charge is 0.488 e. The molecule has 0 N–H and O–H groups in total. The summed E-state index contributed by atoms with van der Waals surface area (Å²) in [6.45, 7) is 4.82. The van der Waals surface area contributed by atoms with Gasteiger partial charge in [0.25, 0.3) is 0 Å². The van der Waals surface area contributed by atoms with Crippen molar-refractivity contribution in [3.8, 4) is 5.75 Å². The highest BCUT2D eigenvalue weighted by molar-refractivity contribution is 9.10. The number of halogens is 1. The molecular formula is C13H13BrOS. The van der Waals surface area contributed by atoms with E-state index in [-0.39, 0.29) is 0 Å². The number of hydrogen-bond donors (Lipinski definition) is 0. The van der Waals surface area contributed by atoms with Gasteiger partial charge < -0.3 is 4.74 Å². The number of hydrogen-bond acceptors (Lipinski definition) is 2. The summed E-state index contributed by atoms with van der Waals surface area (Å²) >= 11 is 5.21. The van der Waals surface area contributed by atoms with Crippen molar-refractivity contribution in [1.82, 2.24) is 0 Å². The first-order valence-corrected chi connectivity index (χ1v) is 6.76. The first-order valence-electron chi connectivity index (χ1n) is 5.09. The van der Waals surface area contributed by atoms with Gasteiger partial charge in [-0.1, -0.05) is 12.1 Å². The van der Waals surface area contributed by atoms with E-state index in [9.17, 15) is 0 Å². The van der Waals surface area contributed by atoms with Gasteiger partial charge in [-0.3, -0.25) is 0 Å². The molecule has 0 aliphatic heterocycles. The molecule has 0 radical (unpaired) electrons. The van der Waals surface area contributed by atoms with Gasteiger partial charge in [0.15, 0.2) is 0 Å². The summed E-state index contributed by atoms with van der Waals surface area (Å²) in [4.78, 5) is 1.22. The van der Waals surface area contributed by atoms with Crippen LogP contribution in [-0.4, -0.2) is 0 Å². The van der Waals surface area contributed by atoms with Gasteiger partial charge >= 0.3 is 0 Å². The van der Waals surface area contributed by atoms with Crippen LogP contribution in [0.5, 0.6) is 5.75 Å². The predicted octanol–water partition coefficient (Wildman–Crippen LogP) is 4.71. The quantitative estimate of drug-likeness (QED) is 0.797. The minimum Gasteiger partial charge on any atom is -0.488 e. The molecule has 1 heterocycles. The van der Waals surface area contributed by atoms with Gasteiger partial charge in [-0.2, -0.15) is 0 Å². The van der Waals surface area contributed by atoms with Gasteiger partial charge in [-0.15, -0.1) is 11.3 Å². The first kappa shape index (κ1) is 11.7. The maximum absolute atomic E-state index is 5.82. The SMILES string of the molecule is Cc1cccc(OCc2sccc2Br)c1C. The van der Waals surface area contributed by atoms with Crippen molar-refractivity contribution < 1.29 is 4.74 Å². The Morgan fingerprint density at radius 2 is 2.06 bits per heavy atom. The lowest BCUT2D eigenvalue weighted by Crippen LogP contribution is -1.96. The van der Waals surface area contributed by atoms with E-state index in [2.05, 4.69) is 41.2 Å². The molecule has 2 aromatic rings. The van der Waals surface area contributed by atoms with E-state index in [1.165, 1.54) is 16.0 Å². The van der Waals surface area contributed by atoms with Crippen LogP contribution in [0.1, 0.15) is 16.0 Å². The van der Waals surface area contributed by atoms with Crippen molar-refractivity contribution in [1.29, 1.82) is 0 Å². The van der Waals surface area contributed by atoms with E-state index in [0.29, 0.717) is 6.61 Å². The smallest absolute Gasteiger partial charge is 0.124 e. The lowest BCUT2D eigenvalue weighted by Gasteiger charge is -2.10. The molecule has 0 saturated carbocycles. The topological polar surface area (TPSA) is 9.23 Å². The van der Waals surface area contributed by atoms with Crippen molar-refractivity contribution in [3.63, 3.8) is 0 Å². The van der Waals surface area contributed by atoms with Gasteiger partial charge in [-0.25, -0.2) is 0 Å². The minimum atomic E-state index is 0.628. The van der Waals surface area contributed by atoms with E-state index in [1.807, 2.05) is 18.2 Å². The van der Waals surface area contributed by atoms with Crippen LogP contribution in [0.3, 0.4) is 0 Å². The zero-order valence-electron chi connectivity index (χ0n) is 9.29. The highest BCUT2D eigenvalue weighted by atomic mass is 79.9. The number of benzene rings is 1. The molecule has 0 aliphatic rings. The Bertz CT molecular complexity index is 490. The van der Waals surface area contributed by atoms with Crippen LogP contribution < -0.4 is 4.74 Å². The van der Waals surface area contributed by atoms with Gasteiger partial charge in [-0.05, 0) is 58.4 Å². The summed E-state index contributed by atoms with van der Waals surface area (Å²) in [5.41, 5.74) is 2.48. The van der Waals surface area contributed by atoms with E-state index >= 15 is 0 Å². The molecule has 0 saturated heterocycles. The fraction of sp³-hybridized carbons (Fsp3) is 0.231. The standard InChI is InChI=1S/C13H13BrOS/c1-9-4-3-5-12(10(9)2)15-8-13-11(14)6-7-16-13/h3-7H,8H2,1-2H3. The first-order chi connectivity index (χ1) is 7.68. The summed E-state index contributed by atoms with van der Waals surface area (Å²) in [6.07, 6.45) is 0. The number of ether oxygens (including phenoxy) is 1. The Kier molecular flexibility index (Phi) is 3.66. The van der Waals surface area contributed by atoms with Gasteiger partial charge in [0.1, 0.15) is 12.4 Å². The van der Waals surface area contributed by atoms with Crippen molar-refractivity contribution >= 4 is 27.3 Å². The van der Waals surface area contributed by atoms with Crippen molar-refractivity contribution in [2.24, 2.45) is 0 Å². The van der Waals surface area contributed by atoms with Crippen LogP contribution >= 0.6 is 27.3 Å². The third kappa shape index (κ3) is 2.47. The third-order valence-electron chi connectivity index (χ3n) is 2.60. The van der Waals surface area contributed by atoms with Crippen LogP contribution in [0, 0.1) is 13.8 Å². The number of aryl methyl sites for hydroxylation is 1. The van der Waals surface area contributed by atoms with E-state index in [4.69, 9.17) is 4.74 Å². The molecule has 0 atom stereocenters. The Morgan fingerprint density at radius 1 is 1.25 bits per heavy atom. The molecule has 1 nitrogen and oxygen atoms in total. The summed E-state index contributed by atoms with van der Waals surface area (Å²) in [7, 11) is 0. The fourth-order valence-electron chi connectivity index (χ4n) is 1.45. The highest BCUT2D eigenvalue weighted by Crippen LogP contribution is 2.26. The maximum atomic E-state index is 5.82. The second-order valence-corrected chi connectivity index (χ2v) is 5.53. The highest BCUT2D eigenvalue weighted by Gasteiger charge is 2.05. The lowest BCUT2D eigenvalue weighted by atomic mass is 10.1. The van der Waals surface area contributed by atoms with Crippen LogP contribution in [0.2, 0.25) is 0 Å². The fourth-order valence-corrected chi connectivity index (χ4v) is 2.83. The zero-order chi connectivity index (χ0) is 11.5. The lowest BCUT2D eigenvalue weighted by molar-refractivity contribution is 0.307. The maximum Gasteiger partial charge on any atom is 0.124 e. The molecule has 1 aromatic carbocycles. The van der Waals surface area contributed by atoms with Crippen LogP contribution in [0.25, 0.3) is 0 Å². The average Bonchev–Trinajstić information content (AvgIpc) is 2.67. The Hall–Kier alpha value is -0.800. The monoisotopic (exact) mass is 296 g/mol. The third-order valence-corrected chi connectivity index (χ3v) is 4.50. The summed E-state index contributed by atoms with van der Waals surface area (Å²) in [5.74, 6) is 0.972. The molecule has 1 aromatic heterocycles. The molecule has 84 valence electrons. The van der Waals surface area contributed by atoms with Gasteiger partial charge in [0, 0.05) is 4.47 Å². The molecular weight excluding hydrogens is 284 g/mol. The van der Waals surface area contributed by atoms with E-state index in [1.54, 1.807) is 11.3 Å². The van der Waals surface area contributed by atoms with Crippen LogP contribution in [0.15, 0.2) is 34.1 Å². The molecule has 3 heteroatoms. The molecule has 0 bridgehead atoms. The van der Waals surface area contributed by atoms with E-state index < -0.39 is 0 Å². The van der Waals surface area contributed by atoms with Crippen molar-refractivity contribution in [3.05, 3.63) is 50.1 Å². The summed E-state index contributed by atoms with van der Waals surface area (Å²) in [5, 5.41) is 2.06. The molecule has 0 aliphatic carbocycles. The average molecular weight is 297 g/mol. The number of thiophene rings is 1. The van der Waals surface area contributed by atoms with Crippen LogP contribution in [-0.2, 0) is 6.61 Å². The molecule has 0 unspecified atom stereocenters. The Balaban J connectivity index is 2.11. The van der Waals surface area contributed by atoms with Crippen molar-refractivity contribution in [2.45, 2.75) is 20.5 Å². The Labute approximate surface area is 108 Å². The van der Waals surface area contributed by atoms with Crippen LogP contribution in [0.4, 0.5) is 0 Å². The molecule has 0 amide bonds. The molecule has 0 fully saturated rings. The number of rotatable bonds is 3. The normalized spacial score (nSPS) is 10.4. The van der Waals surface area contributed by atoms with Gasteiger partial charge in [0.05, 0.1) is 4.88 Å².